The maximum Gasteiger partial charge on any atom is 0.150 e. The highest BCUT2D eigenvalue weighted by molar-refractivity contribution is 7.91. The first-order valence-electron chi connectivity index (χ1n) is 4.74. The Balaban J connectivity index is 2.26. The molecule has 0 radical (unpaired) electrons. The van der Waals surface area contributed by atoms with Crippen LogP contribution in [0.2, 0.25) is 0 Å². The molecule has 0 N–H and O–H groups in total. The van der Waals surface area contributed by atoms with Crippen LogP contribution < -0.4 is 0 Å². The monoisotopic (exact) mass is 247 g/mol. The molecule has 15 heavy (non-hydrogen) atoms. The Bertz CT molecular complexity index is 413. The lowest BCUT2D eigenvalue weighted by Crippen LogP contribution is -2.43. The number of thiol groups is 1. The predicted octanol–water partition coefficient (Wildman–Crippen LogP) is 0.112. The van der Waals surface area contributed by atoms with Gasteiger partial charge in [-0.1, -0.05) is 0 Å². The van der Waals surface area contributed by atoms with Crippen LogP contribution in [0.25, 0.3) is 0 Å². The van der Waals surface area contributed by atoms with Crippen LogP contribution in [0.5, 0.6) is 0 Å². The fraction of sp³-hybridized carbons (Fsp3) is 0.750. The van der Waals surface area contributed by atoms with Gasteiger partial charge in [-0.15, -0.1) is 0 Å². The molecule has 0 bridgehead atoms. The molecule has 1 aliphatic heterocycles. The zero-order valence-electron chi connectivity index (χ0n) is 8.20. The minimum absolute atomic E-state index is 0.216. The fourth-order valence-corrected chi connectivity index (χ4v) is 3.88. The minimum atomic E-state index is -2.85. The fourth-order valence-electron chi connectivity index (χ4n) is 1.83. The smallest absolute Gasteiger partial charge is 0.150 e. The van der Waals surface area contributed by atoms with E-state index in [-0.39, 0.29) is 17.0 Å². The van der Waals surface area contributed by atoms with Gasteiger partial charge in [-0.25, -0.2) is 18.1 Å². The highest BCUT2D eigenvalue weighted by Crippen LogP contribution is 2.31. The average molecular weight is 247 g/mol. The maximum absolute atomic E-state index is 11.4. The van der Waals surface area contributed by atoms with Gasteiger partial charge in [-0.2, -0.15) is 17.7 Å². The van der Waals surface area contributed by atoms with E-state index in [1.54, 1.807) is 11.0 Å². The molecular weight excluding hydrogens is 234 g/mol. The van der Waals surface area contributed by atoms with E-state index in [0.717, 1.165) is 0 Å². The summed E-state index contributed by atoms with van der Waals surface area (Å²) in [7, 11) is -2.85. The van der Waals surface area contributed by atoms with Crippen molar-refractivity contribution in [3.8, 4) is 0 Å². The van der Waals surface area contributed by atoms with Crippen LogP contribution in [0.4, 0.5) is 0 Å². The standard InChI is InChI=1S/C8H13N3O2S2/c12-15(13)3-1-8(5-14,2-4-15)11-7-9-6-10-11/h6-7,14H,1-5H2. The Morgan fingerprint density at radius 3 is 2.53 bits per heavy atom. The predicted molar refractivity (Wildman–Crippen MR) is 59.7 cm³/mol. The van der Waals surface area contributed by atoms with Gasteiger partial charge in [0.1, 0.15) is 12.7 Å². The second-order valence-electron chi connectivity index (χ2n) is 3.87. The van der Waals surface area contributed by atoms with Crippen molar-refractivity contribution in [3.05, 3.63) is 12.7 Å². The van der Waals surface area contributed by atoms with E-state index in [1.165, 1.54) is 6.33 Å². The molecule has 1 aliphatic rings. The average Bonchev–Trinajstić information content (AvgIpc) is 2.72. The highest BCUT2D eigenvalue weighted by atomic mass is 32.2. The topological polar surface area (TPSA) is 64.8 Å². The van der Waals surface area contributed by atoms with Crippen molar-refractivity contribution >= 4 is 22.5 Å². The molecule has 0 spiro atoms. The molecular formula is C8H13N3O2S2. The third kappa shape index (κ3) is 2.03. The van der Waals surface area contributed by atoms with E-state index in [4.69, 9.17) is 0 Å². The second-order valence-corrected chi connectivity index (χ2v) is 6.49. The summed E-state index contributed by atoms with van der Waals surface area (Å²) in [4.78, 5) is 3.90. The van der Waals surface area contributed by atoms with Gasteiger partial charge >= 0.3 is 0 Å². The van der Waals surface area contributed by atoms with Gasteiger partial charge in [0, 0.05) is 5.75 Å². The van der Waals surface area contributed by atoms with Crippen molar-refractivity contribution in [1.82, 2.24) is 14.8 Å². The number of sulfone groups is 1. The molecule has 1 aromatic heterocycles. The molecule has 0 unspecified atom stereocenters. The van der Waals surface area contributed by atoms with Crippen LogP contribution in [-0.4, -0.2) is 40.4 Å². The van der Waals surface area contributed by atoms with Crippen molar-refractivity contribution in [3.63, 3.8) is 0 Å². The van der Waals surface area contributed by atoms with Crippen LogP contribution in [0.3, 0.4) is 0 Å². The number of rotatable bonds is 2. The van der Waals surface area contributed by atoms with Crippen LogP contribution in [0.1, 0.15) is 12.8 Å². The summed E-state index contributed by atoms with van der Waals surface area (Å²) in [5.41, 5.74) is -0.273. The molecule has 1 fully saturated rings. The molecule has 1 saturated heterocycles. The lowest BCUT2D eigenvalue weighted by Gasteiger charge is -2.35. The van der Waals surface area contributed by atoms with Crippen LogP contribution >= 0.6 is 12.6 Å². The Kier molecular flexibility index (Phi) is 2.76. The van der Waals surface area contributed by atoms with E-state index in [2.05, 4.69) is 22.7 Å². The molecule has 0 aliphatic carbocycles. The van der Waals surface area contributed by atoms with E-state index in [0.29, 0.717) is 18.6 Å². The highest BCUT2D eigenvalue weighted by Gasteiger charge is 2.38. The minimum Gasteiger partial charge on any atom is -0.246 e. The van der Waals surface area contributed by atoms with E-state index in [1.807, 2.05) is 0 Å². The maximum atomic E-state index is 11.4. The number of hydrogen-bond donors (Lipinski definition) is 1. The molecule has 84 valence electrons. The third-order valence-electron chi connectivity index (χ3n) is 2.96. The summed E-state index contributed by atoms with van der Waals surface area (Å²) in [6.45, 7) is 0. The van der Waals surface area contributed by atoms with Crippen molar-refractivity contribution < 1.29 is 8.42 Å². The number of nitrogens with zero attached hydrogens (tertiary/aromatic N) is 3. The molecule has 2 heterocycles. The molecule has 0 atom stereocenters. The van der Waals surface area contributed by atoms with E-state index in [9.17, 15) is 8.42 Å². The van der Waals surface area contributed by atoms with Crippen molar-refractivity contribution in [2.75, 3.05) is 17.3 Å². The molecule has 0 aromatic carbocycles. The molecule has 5 nitrogen and oxygen atoms in total. The van der Waals surface area contributed by atoms with Gasteiger partial charge < -0.3 is 0 Å². The van der Waals surface area contributed by atoms with E-state index >= 15 is 0 Å². The summed E-state index contributed by atoms with van der Waals surface area (Å²) >= 11 is 4.31. The van der Waals surface area contributed by atoms with Crippen LogP contribution in [0, 0.1) is 0 Å². The molecule has 1 aromatic rings. The summed E-state index contributed by atoms with van der Waals surface area (Å²) in [6, 6.07) is 0. The second kappa shape index (κ2) is 3.79. The lowest BCUT2D eigenvalue weighted by atomic mass is 9.95. The largest absolute Gasteiger partial charge is 0.246 e. The number of aromatic nitrogens is 3. The lowest BCUT2D eigenvalue weighted by molar-refractivity contribution is 0.265. The SMILES string of the molecule is O=S1(=O)CCC(CS)(n2cncn2)CC1. The first kappa shape index (κ1) is 10.9. The van der Waals surface area contributed by atoms with Gasteiger partial charge in [0.25, 0.3) is 0 Å². The van der Waals surface area contributed by atoms with E-state index < -0.39 is 9.84 Å². The zero-order chi connectivity index (χ0) is 10.9. The van der Waals surface area contributed by atoms with Gasteiger partial charge in [-0.05, 0) is 12.8 Å². The summed E-state index contributed by atoms with van der Waals surface area (Å²) < 4.78 is 24.5. The van der Waals surface area contributed by atoms with Gasteiger partial charge in [0.05, 0.1) is 17.0 Å². The van der Waals surface area contributed by atoms with Crippen molar-refractivity contribution in [2.24, 2.45) is 0 Å². The van der Waals surface area contributed by atoms with Gasteiger partial charge in [-0.3, -0.25) is 0 Å². The summed E-state index contributed by atoms with van der Waals surface area (Å²) in [5.74, 6) is 1.02. The molecule has 0 amide bonds. The van der Waals surface area contributed by atoms with Crippen LogP contribution in [-0.2, 0) is 15.4 Å². The zero-order valence-corrected chi connectivity index (χ0v) is 9.91. The Hall–Kier alpha value is -0.560. The van der Waals surface area contributed by atoms with Gasteiger partial charge in [0.2, 0.25) is 0 Å². The third-order valence-corrected chi connectivity index (χ3v) is 5.20. The first-order valence-corrected chi connectivity index (χ1v) is 7.20. The Labute approximate surface area is 94.2 Å². The first-order chi connectivity index (χ1) is 7.08. The molecule has 0 saturated carbocycles. The molecule has 2 rings (SSSR count). The van der Waals surface area contributed by atoms with Crippen molar-refractivity contribution in [2.45, 2.75) is 18.4 Å². The number of hydrogen-bond acceptors (Lipinski definition) is 5. The summed E-state index contributed by atoms with van der Waals surface area (Å²) in [5, 5.41) is 4.09. The normalized spacial score (nSPS) is 23.8. The Morgan fingerprint density at radius 2 is 2.07 bits per heavy atom. The van der Waals surface area contributed by atoms with Crippen LogP contribution in [0.15, 0.2) is 12.7 Å². The quantitative estimate of drug-likeness (QED) is 0.754. The van der Waals surface area contributed by atoms with Gasteiger partial charge in [0.15, 0.2) is 9.84 Å². The molecule has 7 heteroatoms. The Morgan fingerprint density at radius 1 is 1.40 bits per heavy atom. The van der Waals surface area contributed by atoms with Crippen molar-refractivity contribution in [1.29, 1.82) is 0 Å². The summed E-state index contributed by atoms with van der Waals surface area (Å²) in [6.07, 6.45) is 4.24.